The molecule has 24 nitrogen and oxygen atoms in total. The molecule has 466 valence electrons. The highest BCUT2D eigenvalue weighted by Gasteiger charge is 2.25. The fraction of sp³-hybridized carbons (Fsp3) is 0.610. The monoisotopic (exact) mass is 1170 g/mol. The molecule has 10 N–H and O–H groups in total. The minimum atomic E-state index is -0.991. The molecular weight excluding hydrogens is 1070 g/mol. The van der Waals surface area contributed by atoms with Crippen LogP contribution in [0.4, 0.5) is 0 Å². The van der Waals surface area contributed by atoms with E-state index in [4.69, 9.17) is 20.1 Å². The van der Waals surface area contributed by atoms with Crippen molar-refractivity contribution in [2.45, 2.75) is 99.5 Å². The predicted molar refractivity (Wildman–Crippen MR) is 316 cm³/mol. The molecule has 1 fully saturated rings. The third kappa shape index (κ3) is 41.6. The summed E-state index contributed by atoms with van der Waals surface area (Å²) in [4.78, 5) is 113. The smallest absolute Gasteiger partial charge is 0.317 e. The van der Waals surface area contributed by atoms with Gasteiger partial charge in [-0.1, -0.05) is 113 Å². The zero-order chi connectivity index (χ0) is 62.4. The number of aryl methyl sites for hydroxylation is 3. The molecule has 2 aromatic rings. The number of carbonyl (C=O) groups is 9. The summed E-state index contributed by atoms with van der Waals surface area (Å²) >= 11 is 0. The minimum Gasteiger partial charge on any atom is -0.512 e. The first-order valence-corrected chi connectivity index (χ1v) is 28.2. The highest BCUT2D eigenvalue weighted by molar-refractivity contribution is 5.91. The molecule has 1 saturated heterocycles. The third-order valence-electron chi connectivity index (χ3n) is 12.5. The molecule has 6 amide bonds. The maximum Gasteiger partial charge on any atom is 0.317 e. The van der Waals surface area contributed by atoms with Crippen molar-refractivity contribution < 1.29 is 68.3 Å². The molecule has 0 aromatic heterocycles. The summed E-state index contributed by atoms with van der Waals surface area (Å²) in [6.07, 6.45) is 4.13. The van der Waals surface area contributed by atoms with Gasteiger partial charge < -0.3 is 57.1 Å². The second kappa shape index (κ2) is 41.1. The van der Waals surface area contributed by atoms with Crippen LogP contribution in [-0.4, -0.2) is 223 Å². The molecule has 1 aliphatic rings. The highest BCUT2D eigenvalue weighted by Crippen LogP contribution is 2.16. The molecule has 83 heavy (non-hydrogen) atoms. The Morgan fingerprint density at radius 1 is 0.518 bits per heavy atom. The minimum absolute atomic E-state index is 0.0192. The molecule has 0 radical (unpaired) electrons. The Labute approximate surface area is 490 Å². The van der Waals surface area contributed by atoms with Crippen LogP contribution in [0.2, 0.25) is 0 Å². The number of amides is 6. The largest absolute Gasteiger partial charge is 0.512 e. The fourth-order valence-electron chi connectivity index (χ4n) is 7.93. The first kappa shape index (κ1) is 74.0. The van der Waals surface area contributed by atoms with Gasteiger partial charge >= 0.3 is 17.9 Å². The number of rotatable bonds is 31. The van der Waals surface area contributed by atoms with Gasteiger partial charge in [0.1, 0.15) is 0 Å². The molecule has 0 bridgehead atoms. The van der Waals surface area contributed by atoms with Crippen molar-refractivity contribution in [2.24, 2.45) is 11.3 Å². The summed E-state index contributed by atoms with van der Waals surface area (Å²) in [6, 6.07) is 18.4. The van der Waals surface area contributed by atoms with Crippen LogP contribution in [0, 0.1) is 25.2 Å². The number of aliphatic carboxylic acids is 3. The second-order valence-electron chi connectivity index (χ2n) is 22.6. The van der Waals surface area contributed by atoms with E-state index in [-0.39, 0.29) is 69.9 Å². The summed E-state index contributed by atoms with van der Waals surface area (Å²) in [7, 11) is 0. The lowest BCUT2D eigenvalue weighted by Crippen LogP contribution is -2.48. The van der Waals surface area contributed by atoms with E-state index in [1.807, 2.05) is 82.0 Å². The van der Waals surface area contributed by atoms with Crippen molar-refractivity contribution in [1.29, 1.82) is 0 Å². The predicted octanol–water partition coefficient (Wildman–Crippen LogP) is 2.19. The standard InChI is InChI=1S/C35H58N6O7.C17H30N4O7.C7H8/c1-25(2)10-8-9-11-28(42)36-18-30(44)37-19-31(45)38-20-32(46)39-21-33(47)40-22-34(4,5)23-48-24-35(6,7)41-29(43)17-16-27-14-12-26(3)13-15-27;1-14(22)10-18-2-4-19(11-15(23)24)6-8-21(13-17(27)28)9-7-20(5-3-18)12-16(25)26;1-7-5-3-2-4-6-7/h12-15,25H,8-11,16-24H2,1-7H3,(H,36,42)(H,37,44)(H,38,45)(H,39,46)(H,40,47)(H,41,43);22H,1-13H2,(H,23,24)(H,25,26)(H,27,28);2-6H,1H3. The van der Waals surface area contributed by atoms with Crippen LogP contribution in [-0.2, 0) is 54.3 Å². The Balaban J connectivity index is 0.000000819. The maximum absolute atomic E-state index is 12.5. The summed E-state index contributed by atoms with van der Waals surface area (Å²) in [5.41, 5.74) is 2.62. The first-order chi connectivity index (χ1) is 39.0. The van der Waals surface area contributed by atoms with Gasteiger partial charge in [-0.3, -0.25) is 62.8 Å². The SMILES string of the molecule is C=C(O)CN1CCN(CC(=O)O)CCN(CC(=O)O)CCN(CC(=O)O)CC1.Cc1ccc(CCC(=O)NC(C)(C)COCC(C)(C)CNC(=O)CNC(=O)CNC(=O)CNC(=O)CNC(=O)CCCCC(C)C)cc1.Cc1ccccc1. The van der Waals surface area contributed by atoms with E-state index >= 15 is 0 Å². The molecule has 0 unspecified atom stereocenters. The normalized spacial score (nSPS) is 13.9. The van der Waals surface area contributed by atoms with Gasteiger partial charge in [-0.2, -0.15) is 0 Å². The quantitative estimate of drug-likeness (QED) is 0.0382. The third-order valence-corrected chi connectivity index (χ3v) is 12.5. The number of nitrogens with one attached hydrogen (secondary N) is 6. The number of aliphatic hydroxyl groups excluding tert-OH is 1. The van der Waals surface area contributed by atoms with Gasteiger partial charge in [0.15, 0.2) is 0 Å². The van der Waals surface area contributed by atoms with E-state index in [0.717, 1.165) is 24.8 Å². The maximum atomic E-state index is 12.5. The second-order valence-corrected chi connectivity index (χ2v) is 22.6. The van der Waals surface area contributed by atoms with Crippen LogP contribution >= 0.6 is 0 Å². The van der Waals surface area contributed by atoms with Crippen LogP contribution in [0.5, 0.6) is 0 Å². The number of hydrogen-bond donors (Lipinski definition) is 10. The molecular formula is C59H96N10O14. The number of carboxylic acids is 3. The van der Waals surface area contributed by atoms with E-state index in [1.54, 1.807) is 14.7 Å². The number of aliphatic hydroxyl groups is 1. The lowest BCUT2D eigenvalue weighted by Gasteiger charge is -2.32. The Hall–Kier alpha value is -6.99. The van der Waals surface area contributed by atoms with Gasteiger partial charge in [-0.15, -0.1) is 0 Å². The van der Waals surface area contributed by atoms with Gasteiger partial charge in [0.2, 0.25) is 35.4 Å². The van der Waals surface area contributed by atoms with Gasteiger partial charge in [-0.25, -0.2) is 0 Å². The number of nitrogens with zero attached hydrogens (tertiary/aromatic N) is 4. The number of carbonyl (C=O) groups excluding carboxylic acids is 6. The zero-order valence-electron chi connectivity index (χ0n) is 50.3. The van der Waals surface area contributed by atoms with Crippen LogP contribution in [0.3, 0.4) is 0 Å². The molecule has 2 aromatic carbocycles. The zero-order valence-corrected chi connectivity index (χ0v) is 50.3. The Bertz CT molecular complexity index is 2210. The number of benzene rings is 2. The number of carboxylic acid groups (broad SMARTS) is 3. The number of hydrogen-bond acceptors (Lipinski definition) is 15. The van der Waals surface area contributed by atoms with E-state index in [0.29, 0.717) is 97.3 Å². The molecule has 0 saturated carbocycles. The molecule has 3 rings (SSSR count). The molecule has 0 aliphatic carbocycles. The summed E-state index contributed by atoms with van der Waals surface area (Å²) in [5, 5.41) is 52.3. The molecule has 0 atom stereocenters. The topological polar surface area (TPSA) is 329 Å². The van der Waals surface area contributed by atoms with Crippen LogP contribution < -0.4 is 31.9 Å². The average Bonchev–Trinajstić information content (AvgIpc) is 3.39. The van der Waals surface area contributed by atoms with Crippen molar-refractivity contribution >= 4 is 53.4 Å². The highest BCUT2D eigenvalue weighted by atomic mass is 16.5. The first-order valence-electron chi connectivity index (χ1n) is 28.2. The van der Waals surface area contributed by atoms with E-state index in [9.17, 15) is 48.3 Å². The Kier molecular flexibility index (Phi) is 36.6. The molecule has 1 heterocycles. The summed E-state index contributed by atoms with van der Waals surface area (Å²) in [6.45, 7) is 22.1. The molecule has 0 spiro atoms. The van der Waals surface area contributed by atoms with Crippen molar-refractivity contribution in [2.75, 3.05) is 124 Å². The number of unbranched alkanes of at least 4 members (excludes halogenated alkanes) is 1. The molecule has 24 heteroatoms. The van der Waals surface area contributed by atoms with Crippen molar-refractivity contribution in [3.63, 3.8) is 0 Å². The van der Waals surface area contributed by atoms with Gasteiger partial charge in [0, 0.05) is 77.2 Å². The van der Waals surface area contributed by atoms with E-state index < -0.39 is 52.5 Å². The average molecular weight is 1170 g/mol. The summed E-state index contributed by atoms with van der Waals surface area (Å²) < 4.78 is 5.89. The van der Waals surface area contributed by atoms with E-state index in [2.05, 4.69) is 71.4 Å². The van der Waals surface area contributed by atoms with Crippen molar-refractivity contribution in [3.05, 3.63) is 83.6 Å². The Morgan fingerprint density at radius 3 is 1.30 bits per heavy atom. The van der Waals surface area contributed by atoms with Gasteiger partial charge in [-0.05, 0) is 52.0 Å². The summed E-state index contributed by atoms with van der Waals surface area (Å²) in [5.74, 6) is -4.72. The lowest BCUT2D eigenvalue weighted by atomic mass is 9.94. The van der Waals surface area contributed by atoms with E-state index in [1.165, 1.54) is 11.1 Å². The van der Waals surface area contributed by atoms with Crippen LogP contribution in [0.15, 0.2) is 66.9 Å². The Morgan fingerprint density at radius 2 is 0.916 bits per heavy atom. The van der Waals surface area contributed by atoms with Crippen LogP contribution in [0.25, 0.3) is 0 Å². The van der Waals surface area contributed by atoms with Gasteiger partial charge in [0.25, 0.3) is 0 Å². The number of ether oxygens (including phenoxy) is 1. The molecule has 1 aliphatic heterocycles. The van der Waals surface area contributed by atoms with Crippen molar-refractivity contribution in [1.82, 2.24) is 51.5 Å². The van der Waals surface area contributed by atoms with Gasteiger partial charge in [0.05, 0.1) is 76.9 Å². The lowest BCUT2D eigenvalue weighted by molar-refractivity contribution is -0.140. The van der Waals surface area contributed by atoms with Crippen LogP contribution in [0.1, 0.15) is 90.3 Å². The fourth-order valence-corrected chi connectivity index (χ4v) is 7.93. The van der Waals surface area contributed by atoms with Crippen molar-refractivity contribution in [3.8, 4) is 0 Å².